The molecule has 2 aromatic heterocycles. The number of pyridine rings is 2. The van der Waals surface area contributed by atoms with Gasteiger partial charge in [-0.25, -0.2) is 0 Å². The molecule has 42 heavy (non-hydrogen) atoms. The number of aromatic nitrogens is 2. The highest BCUT2D eigenvalue weighted by Crippen LogP contribution is 2.42. The molecule has 232 valence electrons. The van der Waals surface area contributed by atoms with E-state index in [1.165, 1.54) is 0 Å². The maximum absolute atomic E-state index is 14.0. The normalized spacial score (nSPS) is 30.0. The Kier molecular flexibility index (Phi) is 9.30. The Morgan fingerprint density at radius 3 is 2.52 bits per heavy atom. The molecule has 0 bridgehead atoms. The third kappa shape index (κ3) is 6.68. The van der Waals surface area contributed by atoms with E-state index in [0.29, 0.717) is 51.1 Å². The Hall–Kier alpha value is -2.50. The van der Waals surface area contributed by atoms with Crippen LogP contribution in [0, 0.1) is 24.7 Å². The highest BCUT2D eigenvalue weighted by atomic mass is 19.4. The maximum atomic E-state index is 14.0. The van der Waals surface area contributed by atoms with Crippen LogP contribution in [0.15, 0.2) is 23.1 Å². The number of aliphatic hydroxyl groups excluding tert-OH is 1. The molecule has 2 N–H and O–H groups in total. The number of halogens is 3. The van der Waals surface area contributed by atoms with E-state index < -0.39 is 18.0 Å². The molecular weight excluding hydrogens is 547 g/mol. The summed E-state index contributed by atoms with van der Waals surface area (Å²) in [5.74, 6) is -2.33. The Morgan fingerprint density at radius 1 is 1.10 bits per heavy atom. The van der Waals surface area contributed by atoms with Crippen molar-refractivity contribution in [1.29, 1.82) is 0 Å². The van der Waals surface area contributed by atoms with E-state index >= 15 is 0 Å². The highest BCUT2D eigenvalue weighted by Gasteiger charge is 2.48. The van der Waals surface area contributed by atoms with Crippen LogP contribution in [0.2, 0.25) is 0 Å². The Bertz CT molecular complexity index is 1320. The zero-order valence-electron chi connectivity index (χ0n) is 24.9. The lowest BCUT2D eigenvalue weighted by molar-refractivity contribution is -0.192. The van der Waals surface area contributed by atoms with Gasteiger partial charge in [0.2, 0.25) is 5.91 Å². The van der Waals surface area contributed by atoms with Crippen molar-refractivity contribution in [2.24, 2.45) is 24.8 Å². The molecule has 2 saturated carbocycles. The van der Waals surface area contributed by atoms with Crippen molar-refractivity contribution in [3.8, 4) is 0 Å². The summed E-state index contributed by atoms with van der Waals surface area (Å²) in [5, 5.41) is 13.2. The monoisotopic (exact) mass is 591 g/mol. The minimum atomic E-state index is -4.34. The fourth-order valence-corrected chi connectivity index (χ4v) is 7.52. The summed E-state index contributed by atoms with van der Waals surface area (Å²) in [6.45, 7) is 7.33. The standard InChI is InChI=1S/C31H44F3N5O3/c1-19-4-5-24(17-26(19)27-15-22-18-35-20(2)12-28(22)37(3)30(27)42)36-29(41)21-13-23(31(32,33)34)16-25(14-21)39-8-6-38(7-9-39)10-11-40/h12,15,18-19,21,23-26,40H,4-11,13-14,16-17H2,1-3H3,(H,36,41). The van der Waals surface area contributed by atoms with Gasteiger partial charge in [0.1, 0.15) is 0 Å². The first-order valence-corrected chi connectivity index (χ1v) is 15.3. The molecule has 0 spiro atoms. The summed E-state index contributed by atoms with van der Waals surface area (Å²) in [6.07, 6.45) is -0.158. The van der Waals surface area contributed by atoms with Crippen LogP contribution in [0.4, 0.5) is 13.2 Å². The molecule has 2 aliphatic carbocycles. The molecule has 0 radical (unpaired) electrons. The number of aryl methyl sites for hydroxylation is 2. The maximum Gasteiger partial charge on any atom is 0.391 e. The van der Waals surface area contributed by atoms with Gasteiger partial charge in [0.25, 0.3) is 5.56 Å². The number of piperazine rings is 1. The van der Waals surface area contributed by atoms with E-state index in [9.17, 15) is 27.9 Å². The molecule has 6 unspecified atom stereocenters. The van der Waals surface area contributed by atoms with Crippen LogP contribution < -0.4 is 10.9 Å². The lowest BCUT2D eigenvalue weighted by Gasteiger charge is -2.44. The molecule has 0 aromatic carbocycles. The van der Waals surface area contributed by atoms with Gasteiger partial charge in [-0.15, -0.1) is 0 Å². The van der Waals surface area contributed by atoms with Gasteiger partial charge in [0, 0.05) is 80.6 Å². The molecule has 8 nitrogen and oxygen atoms in total. The number of rotatable bonds is 6. The second kappa shape index (κ2) is 12.6. The second-order valence-electron chi connectivity index (χ2n) is 12.8. The van der Waals surface area contributed by atoms with Crippen LogP contribution in [-0.4, -0.2) is 88.0 Å². The van der Waals surface area contributed by atoms with Crippen molar-refractivity contribution >= 4 is 16.8 Å². The summed E-state index contributed by atoms with van der Waals surface area (Å²) >= 11 is 0. The minimum Gasteiger partial charge on any atom is -0.395 e. The topological polar surface area (TPSA) is 90.7 Å². The van der Waals surface area contributed by atoms with Crippen molar-refractivity contribution in [1.82, 2.24) is 24.7 Å². The first-order chi connectivity index (χ1) is 19.9. The number of nitrogens with zero attached hydrogens (tertiary/aromatic N) is 4. The van der Waals surface area contributed by atoms with E-state index in [4.69, 9.17) is 0 Å². The third-order valence-corrected chi connectivity index (χ3v) is 10.1. The number of fused-ring (bicyclic) bond motifs is 1. The summed E-state index contributed by atoms with van der Waals surface area (Å²) in [5.41, 5.74) is 2.31. The Labute approximate surface area is 245 Å². The lowest BCUT2D eigenvalue weighted by atomic mass is 9.73. The van der Waals surface area contributed by atoms with Crippen molar-refractivity contribution in [3.05, 3.63) is 39.9 Å². The molecule has 1 saturated heterocycles. The van der Waals surface area contributed by atoms with Gasteiger partial charge in [-0.05, 0) is 69.4 Å². The van der Waals surface area contributed by atoms with Crippen LogP contribution in [0.1, 0.15) is 62.6 Å². The van der Waals surface area contributed by atoms with Crippen molar-refractivity contribution < 1.29 is 23.1 Å². The molecule has 3 fully saturated rings. The molecule has 1 aliphatic heterocycles. The van der Waals surface area contributed by atoms with E-state index in [2.05, 4.69) is 27.0 Å². The third-order valence-electron chi connectivity index (χ3n) is 10.1. The molecule has 11 heteroatoms. The largest absolute Gasteiger partial charge is 0.395 e. The van der Waals surface area contributed by atoms with Crippen LogP contribution in [-0.2, 0) is 11.8 Å². The molecule has 5 rings (SSSR count). The zero-order chi connectivity index (χ0) is 30.2. The first-order valence-electron chi connectivity index (χ1n) is 15.3. The molecule has 1 amide bonds. The van der Waals surface area contributed by atoms with Crippen LogP contribution >= 0.6 is 0 Å². The second-order valence-corrected chi connectivity index (χ2v) is 12.8. The Balaban J connectivity index is 1.29. The molecule has 3 aliphatic rings. The van der Waals surface area contributed by atoms with E-state index in [1.54, 1.807) is 17.8 Å². The minimum absolute atomic E-state index is 0.0237. The quantitative estimate of drug-likeness (QED) is 0.534. The van der Waals surface area contributed by atoms with Crippen molar-refractivity contribution in [2.75, 3.05) is 39.3 Å². The molecular formula is C31H44F3N5O3. The highest BCUT2D eigenvalue weighted by molar-refractivity contribution is 5.80. The number of hydrogen-bond donors (Lipinski definition) is 2. The number of nitrogens with one attached hydrogen (secondary N) is 1. The van der Waals surface area contributed by atoms with Gasteiger partial charge in [-0.1, -0.05) is 6.92 Å². The Morgan fingerprint density at radius 2 is 1.83 bits per heavy atom. The predicted molar refractivity (Wildman–Crippen MR) is 155 cm³/mol. The number of β-amino-alcohol motifs (C(OH)–C–C–N with tert-alkyl or cyclic N) is 1. The van der Waals surface area contributed by atoms with Gasteiger partial charge < -0.3 is 15.0 Å². The van der Waals surface area contributed by atoms with Gasteiger partial charge >= 0.3 is 6.18 Å². The van der Waals surface area contributed by atoms with E-state index in [-0.39, 0.29) is 54.8 Å². The molecule has 3 heterocycles. The number of amides is 1. The number of carbonyl (C=O) groups is 1. The summed E-state index contributed by atoms with van der Waals surface area (Å²) in [4.78, 5) is 35.6. The summed E-state index contributed by atoms with van der Waals surface area (Å²) in [7, 11) is 1.77. The molecule has 6 atom stereocenters. The van der Waals surface area contributed by atoms with Gasteiger partial charge in [0.15, 0.2) is 0 Å². The van der Waals surface area contributed by atoms with Crippen LogP contribution in [0.25, 0.3) is 10.9 Å². The zero-order valence-corrected chi connectivity index (χ0v) is 24.9. The molecule has 2 aromatic rings. The average molecular weight is 592 g/mol. The predicted octanol–water partition coefficient (Wildman–Crippen LogP) is 3.59. The number of alkyl halides is 3. The van der Waals surface area contributed by atoms with Crippen LogP contribution in [0.5, 0.6) is 0 Å². The average Bonchev–Trinajstić information content (AvgIpc) is 2.96. The van der Waals surface area contributed by atoms with Gasteiger partial charge in [-0.3, -0.25) is 24.4 Å². The smallest absolute Gasteiger partial charge is 0.391 e. The number of hydrogen-bond acceptors (Lipinski definition) is 6. The SMILES string of the molecule is Cc1cc2c(cn1)cc(C1CC(NC(=O)C3CC(N4CCN(CCO)CC4)CC(C(F)(F)F)C3)CCC1C)c(=O)n2C. The number of carbonyl (C=O) groups excluding carboxylic acids is 1. The summed E-state index contributed by atoms with van der Waals surface area (Å²) < 4.78 is 43.7. The number of aliphatic hydroxyl groups is 1. The van der Waals surface area contributed by atoms with Gasteiger partial charge in [-0.2, -0.15) is 13.2 Å². The first kappa shape index (κ1) is 30.9. The lowest BCUT2D eigenvalue weighted by Crippen LogP contribution is -2.55. The summed E-state index contributed by atoms with van der Waals surface area (Å²) in [6, 6.07) is 3.33. The van der Waals surface area contributed by atoms with Crippen LogP contribution in [0.3, 0.4) is 0 Å². The fourth-order valence-electron chi connectivity index (χ4n) is 7.52. The fraction of sp³-hybridized carbons (Fsp3) is 0.710. The van der Waals surface area contributed by atoms with Gasteiger partial charge in [0.05, 0.1) is 18.0 Å². The van der Waals surface area contributed by atoms with Crippen molar-refractivity contribution in [2.45, 2.75) is 76.6 Å². The van der Waals surface area contributed by atoms with Crippen molar-refractivity contribution in [3.63, 3.8) is 0 Å². The van der Waals surface area contributed by atoms with E-state index in [0.717, 1.165) is 29.4 Å². The van der Waals surface area contributed by atoms with E-state index in [1.807, 2.05) is 19.1 Å².